The topological polar surface area (TPSA) is 108 Å². The highest BCUT2D eigenvalue weighted by molar-refractivity contribution is 7.81. The smallest absolute Gasteiger partial charge is 0.326 e. The van der Waals surface area contributed by atoms with Crippen molar-refractivity contribution >= 4 is 41.7 Å². The molecule has 2 aromatic rings. The van der Waals surface area contributed by atoms with Crippen molar-refractivity contribution in [2.45, 2.75) is 71.4 Å². The van der Waals surface area contributed by atoms with Crippen LogP contribution in [0.3, 0.4) is 0 Å². The Balaban J connectivity index is 0.000000349. The molecule has 0 aromatic carbocycles. The SMILES string of the molecule is CC(=O)NC(Cc1ccc(-c2ccsc2)nc1)C(=O)O.CCC.O=C(CS)NC1CCCC1. The number of nitrogens with zero attached hydrogens (tertiary/aromatic N) is 1. The lowest BCUT2D eigenvalue weighted by Gasteiger charge is -2.13. The summed E-state index contributed by atoms with van der Waals surface area (Å²) in [6.45, 7) is 5.55. The summed E-state index contributed by atoms with van der Waals surface area (Å²) in [5.41, 5.74) is 2.66. The minimum atomic E-state index is -1.05. The number of thiophene rings is 1. The Bertz CT molecular complexity index is 836. The number of hydrogen-bond donors (Lipinski definition) is 4. The molecule has 0 aliphatic heterocycles. The third-order valence-electron chi connectivity index (χ3n) is 4.62. The van der Waals surface area contributed by atoms with Crippen molar-refractivity contribution in [3.05, 3.63) is 40.7 Å². The number of thiol groups is 1. The molecule has 0 spiro atoms. The monoisotopic (exact) mass is 493 g/mol. The first kappa shape index (κ1) is 28.6. The molecule has 1 aliphatic rings. The molecule has 1 saturated carbocycles. The standard InChI is InChI=1S/C14H14N2O3S.C7H13NOS.C3H8/c1-9(17)16-13(14(18)19)6-10-2-3-12(15-7-10)11-4-5-20-8-11;9-7(5-10)8-6-3-1-2-4-6;1-3-2/h2-5,7-8,13H,6H2,1H3,(H,16,17)(H,18,19);6,10H,1-5H2,(H,8,9);3H2,1-2H3. The maximum atomic E-state index is 11.1. The van der Waals surface area contributed by atoms with E-state index in [1.807, 2.05) is 29.0 Å². The number of aliphatic carboxylic acids is 1. The van der Waals surface area contributed by atoms with Gasteiger partial charge in [0.1, 0.15) is 6.04 Å². The summed E-state index contributed by atoms with van der Waals surface area (Å²) in [5.74, 6) is -1.03. The fourth-order valence-electron chi connectivity index (χ4n) is 3.15. The molecule has 1 aliphatic carbocycles. The second-order valence-corrected chi connectivity index (χ2v) is 8.87. The first-order valence-electron chi connectivity index (χ1n) is 11.2. The number of carboxylic acids is 1. The van der Waals surface area contributed by atoms with Crippen LogP contribution in [0.15, 0.2) is 35.2 Å². The van der Waals surface area contributed by atoms with E-state index in [2.05, 4.69) is 42.1 Å². The third-order valence-corrected chi connectivity index (χ3v) is 5.59. The van der Waals surface area contributed by atoms with Gasteiger partial charge in [0.25, 0.3) is 0 Å². The Morgan fingerprint density at radius 1 is 1.21 bits per heavy atom. The maximum Gasteiger partial charge on any atom is 0.326 e. The zero-order chi connectivity index (χ0) is 24.6. The number of carboxylic acid groups (broad SMARTS) is 1. The summed E-state index contributed by atoms with van der Waals surface area (Å²) in [5, 5.41) is 18.3. The first-order valence-corrected chi connectivity index (χ1v) is 12.8. The molecule has 0 saturated heterocycles. The van der Waals surface area contributed by atoms with Gasteiger partial charge in [0.05, 0.1) is 11.4 Å². The number of pyridine rings is 1. The molecule has 1 atom stereocenters. The van der Waals surface area contributed by atoms with Crippen LogP contribution in [0.4, 0.5) is 0 Å². The quantitative estimate of drug-likeness (QED) is 0.429. The van der Waals surface area contributed by atoms with Gasteiger partial charge in [-0.25, -0.2) is 4.79 Å². The molecular formula is C24H35N3O4S2. The van der Waals surface area contributed by atoms with Crippen molar-refractivity contribution < 1.29 is 19.5 Å². The normalized spacial score (nSPS) is 13.6. The largest absolute Gasteiger partial charge is 0.480 e. The van der Waals surface area contributed by atoms with Crippen LogP contribution >= 0.6 is 24.0 Å². The number of aromatic nitrogens is 1. The molecule has 3 rings (SSSR count). The van der Waals surface area contributed by atoms with Crippen molar-refractivity contribution in [2.75, 3.05) is 5.75 Å². The van der Waals surface area contributed by atoms with Crippen LogP contribution in [0, 0.1) is 0 Å². The van der Waals surface area contributed by atoms with E-state index in [1.165, 1.54) is 26.2 Å². The van der Waals surface area contributed by atoms with Crippen molar-refractivity contribution in [3.63, 3.8) is 0 Å². The van der Waals surface area contributed by atoms with Gasteiger partial charge in [-0.15, -0.1) is 0 Å². The molecule has 182 valence electrons. The summed E-state index contributed by atoms with van der Waals surface area (Å²) in [7, 11) is 0. The molecule has 0 bridgehead atoms. The first-order chi connectivity index (χ1) is 15.8. The van der Waals surface area contributed by atoms with Crippen LogP contribution < -0.4 is 10.6 Å². The molecule has 1 fully saturated rings. The average molecular weight is 494 g/mol. The van der Waals surface area contributed by atoms with E-state index in [1.54, 1.807) is 17.5 Å². The lowest BCUT2D eigenvalue weighted by atomic mass is 10.1. The summed E-state index contributed by atoms with van der Waals surface area (Å²) in [4.78, 5) is 37.1. The number of rotatable bonds is 7. The van der Waals surface area contributed by atoms with Gasteiger partial charge >= 0.3 is 5.97 Å². The van der Waals surface area contributed by atoms with Crippen molar-refractivity contribution in [3.8, 4) is 11.3 Å². The van der Waals surface area contributed by atoms with Crippen molar-refractivity contribution in [2.24, 2.45) is 0 Å². The van der Waals surface area contributed by atoms with Crippen LogP contribution in [0.5, 0.6) is 0 Å². The summed E-state index contributed by atoms with van der Waals surface area (Å²) < 4.78 is 0. The molecule has 7 nitrogen and oxygen atoms in total. The van der Waals surface area contributed by atoms with Gasteiger partial charge in [-0.3, -0.25) is 14.6 Å². The predicted octanol–water partition coefficient (Wildman–Crippen LogP) is 4.33. The molecule has 2 heterocycles. The van der Waals surface area contributed by atoms with Gasteiger partial charge in [-0.05, 0) is 35.9 Å². The number of nitrogens with one attached hydrogen (secondary N) is 2. The van der Waals surface area contributed by atoms with Gasteiger partial charge in [-0.2, -0.15) is 24.0 Å². The van der Waals surface area contributed by atoms with E-state index in [0.717, 1.165) is 29.7 Å². The minimum absolute atomic E-state index is 0.0650. The summed E-state index contributed by atoms with van der Waals surface area (Å²) in [6.07, 6.45) is 7.94. The zero-order valence-electron chi connectivity index (χ0n) is 19.5. The van der Waals surface area contributed by atoms with Crippen LogP contribution in [-0.2, 0) is 20.8 Å². The molecule has 33 heavy (non-hydrogen) atoms. The highest BCUT2D eigenvalue weighted by atomic mass is 32.1. The van der Waals surface area contributed by atoms with Gasteiger partial charge < -0.3 is 15.7 Å². The van der Waals surface area contributed by atoms with Gasteiger partial charge in [0.15, 0.2) is 0 Å². The van der Waals surface area contributed by atoms with Crippen LogP contribution in [0.2, 0.25) is 0 Å². The molecule has 9 heteroatoms. The Morgan fingerprint density at radius 3 is 2.33 bits per heavy atom. The lowest BCUT2D eigenvalue weighted by Crippen LogP contribution is -2.41. The molecule has 2 aromatic heterocycles. The predicted molar refractivity (Wildman–Crippen MR) is 137 cm³/mol. The fraction of sp³-hybridized carbons (Fsp3) is 0.500. The molecule has 0 radical (unpaired) electrons. The Labute approximate surface area is 205 Å². The van der Waals surface area contributed by atoms with E-state index in [9.17, 15) is 14.4 Å². The summed E-state index contributed by atoms with van der Waals surface area (Å²) in [6, 6.07) is 5.17. The van der Waals surface area contributed by atoms with E-state index in [0.29, 0.717) is 11.8 Å². The lowest BCUT2D eigenvalue weighted by molar-refractivity contribution is -0.141. The second kappa shape index (κ2) is 16.3. The van der Waals surface area contributed by atoms with Crippen molar-refractivity contribution in [1.29, 1.82) is 0 Å². The average Bonchev–Trinajstić information content (AvgIpc) is 3.49. The van der Waals surface area contributed by atoms with Gasteiger partial charge in [-0.1, -0.05) is 39.2 Å². The third kappa shape index (κ3) is 11.9. The Hall–Kier alpha value is -2.39. The number of carbonyl (C=O) groups excluding carboxylic acids is 2. The highest BCUT2D eigenvalue weighted by Gasteiger charge is 2.19. The van der Waals surface area contributed by atoms with Crippen molar-refractivity contribution in [1.82, 2.24) is 15.6 Å². The van der Waals surface area contributed by atoms with Crippen LogP contribution in [0.25, 0.3) is 11.3 Å². The van der Waals surface area contributed by atoms with Gasteiger partial charge in [0.2, 0.25) is 11.8 Å². The van der Waals surface area contributed by atoms with E-state index < -0.39 is 12.0 Å². The molecule has 1 unspecified atom stereocenters. The summed E-state index contributed by atoms with van der Waals surface area (Å²) >= 11 is 5.47. The molecular weight excluding hydrogens is 458 g/mol. The Morgan fingerprint density at radius 2 is 1.88 bits per heavy atom. The zero-order valence-corrected chi connectivity index (χ0v) is 21.3. The van der Waals surface area contributed by atoms with Crippen LogP contribution in [0.1, 0.15) is 58.4 Å². The van der Waals surface area contributed by atoms with E-state index >= 15 is 0 Å². The highest BCUT2D eigenvalue weighted by Crippen LogP contribution is 2.20. The minimum Gasteiger partial charge on any atom is -0.480 e. The second-order valence-electron chi connectivity index (χ2n) is 7.77. The number of carbonyl (C=O) groups is 3. The Kier molecular flexibility index (Phi) is 14.1. The molecule has 3 N–H and O–H groups in total. The van der Waals surface area contributed by atoms with Gasteiger partial charge in [0, 0.05) is 36.5 Å². The maximum absolute atomic E-state index is 11.1. The fourth-order valence-corrected chi connectivity index (χ4v) is 3.89. The van der Waals surface area contributed by atoms with E-state index in [-0.39, 0.29) is 18.2 Å². The van der Waals surface area contributed by atoms with E-state index in [4.69, 9.17) is 5.11 Å². The number of hydrogen-bond acceptors (Lipinski definition) is 6. The number of amides is 2. The molecule has 2 amide bonds. The van der Waals surface area contributed by atoms with Crippen LogP contribution in [-0.4, -0.2) is 45.7 Å².